The summed E-state index contributed by atoms with van der Waals surface area (Å²) < 4.78 is 22.6. The van der Waals surface area contributed by atoms with Crippen molar-refractivity contribution in [3.63, 3.8) is 0 Å². The van der Waals surface area contributed by atoms with Crippen molar-refractivity contribution in [3.05, 3.63) is 59.2 Å². The standard InChI is InChI=1S/C17H18FNO2S/c1-12-7-8-16(13(2)9-12)20-10-14-5-3-4-6-15(14)19-17(22)21-11-18/h3-9H,10-11H2,1-2H3,(H,19,22). The van der Waals surface area contributed by atoms with E-state index in [0.29, 0.717) is 6.61 Å². The zero-order chi connectivity index (χ0) is 15.9. The third kappa shape index (κ3) is 4.43. The van der Waals surface area contributed by atoms with Gasteiger partial charge in [-0.2, -0.15) is 0 Å². The van der Waals surface area contributed by atoms with E-state index in [0.717, 1.165) is 22.6 Å². The fraction of sp³-hybridized carbons (Fsp3) is 0.235. The molecule has 2 rings (SSSR count). The summed E-state index contributed by atoms with van der Waals surface area (Å²) >= 11 is 4.89. The van der Waals surface area contributed by atoms with E-state index in [9.17, 15) is 4.39 Å². The number of rotatable bonds is 5. The van der Waals surface area contributed by atoms with Gasteiger partial charge in [0.25, 0.3) is 5.17 Å². The molecule has 0 bridgehead atoms. The van der Waals surface area contributed by atoms with Gasteiger partial charge in [-0.1, -0.05) is 35.9 Å². The second-order valence-electron chi connectivity index (χ2n) is 4.88. The van der Waals surface area contributed by atoms with E-state index < -0.39 is 6.86 Å². The number of aryl methyl sites for hydroxylation is 2. The summed E-state index contributed by atoms with van der Waals surface area (Å²) in [4.78, 5) is 0. The Kier molecular flexibility index (Phi) is 5.72. The van der Waals surface area contributed by atoms with Gasteiger partial charge in [0.1, 0.15) is 12.4 Å². The molecule has 0 aliphatic carbocycles. The molecule has 0 aliphatic heterocycles. The summed E-state index contributed by atoms with van der Waals surface area (Å²) in [6, 6.07) is 13.6. The predicted octanol–water partition coefficient (Wildman–Crippen LogP) is 4.52. The summed E-state index contributed by atoms with van der Waals surface area (Å²) in [6.07, 6.45) is 0. The second kappa shape index (κ2) is 7.75. The molecule has 0 amide bonds. The molecule has 0 fully saturated rings. The SMILES string of the molecule is Cc1ccc(OCc2ccccc2NC(=S)OCF)c(C)c1. The van der Waals surface area contributed by atoms with E-state index in [2.05, 4.69) is 16.1 Å². The van der Waals surface area contributed by atoms with Crippen molar-refractivity contribution in [2.45, 2.75) is 20.5 Å². The Balaban J connectivity index is 2.08. The van der Waals surface area contributed by atoms with Crippen LogP contribution in [0.1, 0.15) is 16.7 Å². The largest absolute Gasteiger partial charge is 0.489 e. The lowest BCUT2D eigenvalue weighted by atomic mass is 10.1. The van der Waals surface area contributed by atoms with Crippen molar-refractivity contribution in [1.29, 1.82) is 0 Å². The van der Waals surface area contributed by atoms with Gasteiger partial charge in [0.2, 0.25) is 6.86 Å². The van der Waals surface area contributed by atoms with Crippen LogP contribution in [0.15, 0.2) is 42.5 Å². The van der Waals surface area contributed by atoms with Crippen LogP contribution in [0, 0.1) is 13.8 Å². The molecule has 5 heteroatoms. The molecule has 116 valence electrons. The molecule has 2 aromatic carbocycles. The van der Waals surface area contributed by atoms with Crippen LogP contribution in [0.2, 0.25) is 0 Å². The first-order valence-corrected chi connectivity index (χ1v) is 7.28. The molecule has 3 nitrogen and oxygen atoms in total. The molecule has 0 aromatic heterocycles. The number of ether oxygens (including phenoxy) is 2. The Labute approximate surface area is 135 Å². The van der Waals surface area contributed by atoms with Crippen molar-refractivity contribution in [3.8, 4) is 5.75 Å². The Morgan fingerprint density at radius 1 is 1.18 bits per heavy atom. The van der Waals surface area contributed by atoms with Gasteiger partial charge in [0.15, 0.2) is 0 Å². The maximum Gasteiger partial charge on any atom is 0.263 e. The quantitative estimate of drug-likeness (QED) is 0.821. The molecule has 1 N–H and O–H groups in total. The van der Waals surface area contributed by atoms with Crippen LogP contribution in [-0.2, 0) is 11.3 Å². The van der Waals surface area contributed by atoms with Gasteiger partial charge in [-0.3, -0.25) is 0 Å². The average molecular weight is 319 g/mol. The molecular formula is C17H18FNO2S. The van der Waals surface area contributed by atoms with E-state index in [1.807, 2.05) is 50.2 Å². The molecular weight excluding hydrogens is 301 g/mol. The monoisotopic (exact) mass is 319 g/mol. The van der Waals surface area contributed by atoms with E-state index in [4.69, 9.17) is 17.0 Å². The van der Waals surface area contributed by atoms with Crippen molar-refractivity contribution < 1.29 is 13.9 Å². The second-order valence-corrected chi connectivity index (χ2v) is 5.25. The Morgan fingerprint density at radius 3 is 2.68 bits per heavy atom. The van der Waals surface area contributed by atoms with E-state index >= 15 is 0 Å². The smallest absolute Gasteiger partial charge is 0.263 e. The average Bonchev–Trinajstić information content (AvgIpc) is 2.48. The Morgan fingerprint density at radius 2 is 1.95 bits per heavy atom. The number of halogens is 1. The first-order valence-electron chi connectivity index (χ1n) is 6.88. The van der Waals surface area contributed by atoms with Gasteiger partial charge >= 0.3 is 0 Å². The van der Waals surface area contributed by atoms with Gasteiger partial charge in [0, 0.05) is 11.3 Å². The van der Waals surface area contributed by atoms with Crippen LogP contribution in [0.4, 0.5) is 10.1 Å². The first kappa shape index (κ1) is 16.2. The zero-order valence-electron chi connectivity index (χ0n) is 12.6. The molecule has 0 aliphatic rings. The van der Waals surface area contributed by atoms with Crippen LogP contribution in [-0.4, -0.2) is 12.0 Å². The lowest BCUT2D eigenvalue weighted by Crippen LogP contribution is -2.14. The number of benzene rings is 2. The number of nitrogens with one attached hydrogen (secondary N) is 1. The van der Waals surface area contributed by atoms with E-state index in [-0.39, 0.29) is 5.17 Å². The lowest BCUT2D eigenvalue weighted by molar-refractivity contribution is 0.184. The summed E-state index contributed by atoms with van der Waals surface area (Å²) in [5.74, 6) is 0.836. The maximum atomic E-state index is 12.1. The van der Waals surface area contributed by atoms with Crippen molar-refractivity contribution in [1.82, 2.24) is 0 Å². The summed E-state index contributed by atoms with van der Waals surface area (Å²) in [7, 11) is 0. The number of alkyl halides is 1. The normalized spacial score (nSPS) is 10.1. The summed E-state index contributed by atoms with van der Waals surface area (Å²) in [5, 5.41) is 2.86. The van der Waals surface area contributed by atoms with Crippen LogP contribution in [0.5, 0.6) is 5.75 Å². The highest BCUT2D eigenvalue weighted by Crippen LogP contribution is 2.22. The molecule has 0 saturated carbocycles. The lowest BCUT2D eigenvalue weighted by Gasteiger charge is -2.14. The molecule has 0 heterocycles. The summed E-state index contributed by atoms with van der Waals surface area (Å²) in [5.41, 5.74) is 3.93. The molecule has 0 unspecified atom stereocenters. The molecule has 2 aromatic rings. The third-order valence-corrected chi connectivity index (χ3v) is 3.37. The number of hydrogen-bond donors (Lipinski definition) is 1. The van der Waals surface area contributed by atoms with E-state index in [1.54, 1.807) is 0 Å². The molecule has 0 spiro atoms. The number of hydrogen-bond acceptors (Lipinski definition) is 3. The minimum Gasteiger partial charge on any atom is -0.489 e. The number of anilines is 1. The molecule has 0 radical (unpaired) electrons. The fourth-order valence-corrected chi connectivity index (χ4v) is 2.23. The van der Waals surface area contributed by atoms with Crippen molar-refractivity contribution in [2.75, 3.05) is 12.2 Å². The predicted molar refractivity (Wildman–Crippen MR) is 90.0 cm³/mol. The summed E-state index contributed by atoms with van der Waals surface area (Å²) in [6.45, 7) is 3.48. The van der Waals surface area contributed by atoms with Gasteiger partial charge in [-0.05, 0) is 43.8 Å². The van der Waals surface area contributed by atoms with Gasteiger partial charge in [-0.25, -0.2) is 4.39 Å². The van der Waals surface area contributed by atoms with Gasteiger partial charge < -0.3 is 14.8 Å². The maximum absolute atomic E-state index is 12.1. The van der Waals surface area contributed by atoms with Crippen LogP contribution < -0.4 is 10.1 Å². The highest BCUT2D eigenvalue weighted by atomic mass is 32.1. The highest BCUT2D eigenvalue weighted by molar-refractivity contribution is 7.80. The van der Waals surface area contributed by atoms with Crippen LogP contribution in [0.25, 0.3) is 0 Å². The molecule has 22 heavy (non-hydrogen) atoms. The minimum atomic E-state index is -0.951. The Hall–Kier alpha value is -2.14. The van der Waals surface area contributed by atoms with Crippen LogP contribution >= 0.6 is 12.2 Å². The fourth-order valence-electron chi connectivity index (χ4n) is 2.08. The van der Waals surface area contributed by atoms with E-state index in [1.165, 1.54) is 5.56 Å². The minimum absolute atomic E-state index is 0.00136. The third-order valence-electron chi connectivity index (χ3n) is 3.15. The Bertz CT molecular complexity index is 661. The molecule has 0 saturated heterocycles. The molecule has 0 atom stereocenters. The topological polar surface area (TPSA) is 30.5 Å². The highest BCUT2D eigenvalue weighted by Gasteiger charge is 2.06. The number of para-hydroxylation sites is 1. The van der Waals surface area contributed by atoms with Crippen molar-refractivity contribution in [2.24, 2.45) is 0 Å². The number of thiocarbonyl (C=S) groups is 1. The van der Waals surface area contributed by atoms with Gasteiger partial charge in [-0.15, -0.1) is 0 Å². The zero-order valence-corrected chi connectivity index (χ0v) is 13.4. The van der Waals surface area contributed by atoms with Crippen molar-refractivity contribution >= 4 is 23.1 Å². The van der Waals surface area contributed by atoms with Gasteiger partial charge in [0.05, 0.1) is 0 Å². The van der Waals surface area contributed by atoms with Crippen LogP contribution in [0.3, 0.4) is 0 Å². The first-order chi connectivity index (χ1) is 10.6.